The van der Waals surface area contributed by atoms with Crippen molar-refractivity contribution in [2.24, 2.45) is 0 Å². The summed E-state index contributed by atoms with van der Waals surface area (Å²) in [5.74, 6) is 0.817. The number of aldehydes is 1. The first kappa shape index (κ1) is 22.2. The molecule has 0 aliphatic rings. The molecule has 0 fully saturated rings. The van der Waals surface area contributed by atoms with Crippen LogP contribution in [0.4, 0.5) is 0 Å². The van der Waals surface area contributed by atoms with Gasteiger partial charge in [-0.25, -0.2) is 0 Å². The number of carbonyl (C=O) groups is 1. The Bertz CT molecular complexity index is 620. The Labute approximate surface area is 157 Å². The molecule has 0 amide bonds. The molecule has 0 aliphatic heterocycles. The van der Waals surface area contributed by atoms with Crippen LogP contribution in [0.1, 0.15) is 65.5 Å². The van der Waals surface area contributed by atoms with Crippen LogP contribution in [-0.4, -0.2) is 24.7 Å². The first-order valence-corrected chi connectivity index (χ1v) is 9.12. The lowest BCUT2D eigenvalue weighted by Crippen LogP contribution is -2.25. The molecule has 0 aliphatic carbocycles. The fourth-order valence-electron chi connectivity index (χ4n) is 2.39. The van der Waals surface area contributed by atoms with E-state index in [1.54, 1.807) is 0 Å². The number of aliphatic hydroxyl groups excluding tert-OH is 1. The zero-order valence-corrected chi connectivity index (χ0v) is 16.9. The average Bonchev–Trinajstić information content (AvgIpc) is 2.64. The molecule has 5 nitrogen and oxygen atoms in total. The molecule has 5 heteroatoms. The number of carbonyl (C=O) groups excluding carboxylic acids is 1. The van der Waals surface area contributed by atoms with Crippen molar-refractivity contribution in [1.29, 1.82) is 0 Å². The summed E-state index contributed by atoms with van der Waals surface area (Å²) < 4.78 is 5.87. The SMILES string of the molecule is CCC(C)(C)c1ccc(OCNOCC(C=O)=CO)c(C(C)(C)CC)c1. The van der Waals surface area contributed by atoms with Crippen LogP contribution in [0.5, 0.6) is 5.75 Å². The van der Waals surface area contributed by atoms with Crippen molar-refractivity contribution in [3.63, 3.8) is 0 Å². The maximum Gasteiger partial charge on any atom is 0.161 e. The largest absolute Gasteiger partial charge is 0.515 e. The number of hydrogen-bond acceptors (Lipinski definition) is 5. The van der Waals surface area contributed by atoms with E-state index in [4.69, 9.17) is 14.7 Å². The van der Waals surface area contributed by atoms with Gasteiger partial charge in [-0.15, -0.1) is 0 Å². The van der Waals surface area contributed by atoms with E-state index in [-0.39, 0.29) is 29.7 Å². The van der Waals surface area contributed by atoms with E-state index in [9.17, 15) is 4.79 Å². The minimum atomic E-state index is -0.0275. The van der Waals surface area contributed by atoms with E-state index in [2.05, 4.69) is 59.2 Å². The highest BCUT2D eigenvalue weighted by Gasteiger charge is 2.26. The monoisotopic (exact) mass is 363 g/mol. The second kappa shape index (κ2) is 9.74. The summed E-state index contributed by atoms with van der Waals surface area (Å²) in [6.07, 6.45) is 3.32. The highest BCUT2D eigenvalue weighted by atomic mass is 16.7. The van der Waals surface area contributed by atoms with Crippen LogP contribution in [-0.2, 0) is 20.5 Å². The van der Waals surface area contributed by atoms with Crippen molar-refractivity contribution in [2.75, 3.05) is 13.3 Å². The summed E-state index contributed by atoms with van der Waals surface area (Å²) in [5, 5.41) is 8.79. The Morgan fingerprint density at radius 3 is 2.35 bits per heavy atom. The Hall–Kier alpha value is -1.85. The quantitative estimate of drug-likeness (QED) is 0.151. The number of hydroxylamine groups is 1. The summed E-state index contributed by atoms with van der Waals surface area (Å²) >= 11 is 0. The molecular formula is C21H33NO4. The fraction of sp³-hybridized carbons (Fsp3) is 0.571. The molecule has 0 bridgehead atoms. The summed E-state index contributed by atoms with van der Waals surface area (Å²) in [5.41, 5.74) is 5.37. The highest BCUT2D eigenvalue weighted by molar-refractivity contribution is 5.72. The third kappa shape index (κ3) is 5.85. The second-order valence-corrected chi connectivity index (χ2v) is 7.73. The molecule has 0 heterocycles. The predicted molar refractivity (Wildman–Crippen MR) is 104 cm³/mol. The molecule has 1 aromatic rings. The van der Waals surface area contributed by atoms with Crippen LogP contribution in [0.25, 0.3) is 0 Å². The minimum absolute atomic E-state index is 0.0136. The molecule has 0 unspecified atom stereocenters. The number of hydrogen-bond donors (Lipinski definition) is 2. The third-order valence-corrected chi connectivity index (χ3v) is 5.20. The van der Waals surface area contributed by atoms with Crippen LogP contribution in [0.3, 0.4) is 0 Å². The van der Waals surface area contributed by atoms with Crippen molar-refractivity contribution in [2.45, 2.75) is 65.2 Å². The van der Waals surface area contributed by atoms with Gasteiger partial charge in [0.1, 0.15) is 5.75 Å². The van der Waals surface area contributed by atoms with E-state index >= 15 is 0 Å². The molecular weight excluding hydrogens is 330 g/mol. The maximum atomic E-state index is 10.6. The third-order valence-electron chi connectivity index (χ3n) is 5.20. The lowest BCUT2D eigenvalue weighted by atomic mass is 9.76. The van der Waals surface area contributed by atoms with Crippen molar-refractivity contribution in [3.05, 3.63) is 41.2 Å². The lowest BCUT2D eigenvalue weighted by Gasteiger charge is -2.30. The minimum Gasteiger partial charge on any atom is -0.515 e. The molecule has 0 aromatic heterocycles. The Kier molecular flexibility index (Phi) is 8.31. The molecule has 0 atom stereocenters. The van der Waals surface area contributed by atoms with Crippen molar-refractivity contribution < 1.29 is 19.5 Å². The highest BCUT2D eigenvalue weighted by Crippen LogP contribution is 2.38. The number of aliphatic hydroxyl groups is 1. The summed E-state index contributed by atoms with van der Waals surface area (Å²) in [7, 11) is 0. The molecule has 26 heavy (non-hydrogen) atoms. The summed E-state index contributed by atoms with van der Waals surface area (Å²) in [6, 6.07) is 6.39. The topological polar surface area (TPSA) is 67.8 Å². The van der Waals surface area contributed by atoms with Gasteiger partial charge in [0.2, 0.25) is 0 Å². The molecule has 146 valence electrons. The number of ether oxygens (including phenoxy) is 1. The maximum absolute atomic E-state index is 10.6. The first-order valence-electron chi connectivity index (χ1n) is 9.12. The standard InChI is InChI=1S/C21H33NO4/c1-7-20(3,4)17-9-10-19(18(11-17)21(5,6)8-2)25-15-22-26-14-16(12-23)13-24/h9-13,22-23H,7-8,14-15H2,1-6H3. The molecule has 0 saturated carbocycles. The van der Waals surface area contributed by atoms with Gasteiger partial charge in [-0.05, 0) is 35.3 Å². The van der Waals surface area contributed by atoms with Gasteiger partial charge in [0.25, 0.3) is 0 Å². The van der Waals surface area contributed by atoms with Gasteiger partial charge >= 0.3 is 0 Å². The van der Waals surface area contributed by atoms with E-state index in [1.807, 2.05) is 6.07 Å². The number of benzene rings is 1. The fourth-order valence-corrected chi connectivity index (χ4v) is 2.39. The Morgan fingerprint density at radius 1 is 1.15 bits per heavy atom. The van der Waals surface area contributed by atoms with Gasteiger partial charge in [-0.3, -0.25) is 9.63 Å². The Morgan fingerprint density at radius 2 is 1.81 bits per heavy atom. The molecule has 0 saturated heterocycles. The van der Waals surface area contributed by atoms with Crippen LogP contribution >= 0.6 is 0 Å². The average molecular weight is 363 g/mol. The molecule has 0 spiro atoms. The van der Waals surface area contributed by atoms with Gasteiger partial charge in [0, 0.05) is 5.56 Å². The number of rotatable bonds is 11. The van der Waals surface area contributed by atoms with Crippen molar-refractivity contribution in [1.82, 2.24) is 5.48 Å². The normalized spacial score (nSPS) is 12.9. The first-order chi connectivity index (χ1) is 12.2. The van der Waals surface area contributed by atoms with Gasteiger partial charge in [0.15, 0.2) is 13.0 Å². The lowest BCUT2D eigenvalue weighted by molar-refractivity contribution is -0.106. The molecule has 0 radical (unpaired) electrons. The van der Waals surface area contributed by atoms with Crippen LogP contribution in [0.15, 0.2) is 30.0 Å². The van der Waals surface area contributed by atoms with Gasteiger partial charge in [-0.1, -0.05) is 53.7 Å². The van der Waals surface area contributed by atoms with Gasteiger partial charge in [-0.2, -0.15) is 5.48 Å². The van der Waals surface area contributed by atoms with Crippen LogP contribution < -0.4 is 10.2 Å². The van der Waals surface area contributed by atoms with E-state index in [0.717, 1.165) is 24.9 Å². The Balaban J connectivity index is 2.88. The number of nitrogens with one attached hydrogen (secondary N) is 1. The molecule has 1 aromatic carbocycles. The van der Waals surface area contributed by atoms with Crippen molar-refractivity contribution >= 4 is 6.29 Å². The predicted octanol–water partition coefficient (Wildman–Crippen LogP) is 4.56. The van der Waals surface area contributed by atoms with E-state index in [1.165, 1.54) is 11.1 Å². The van der Waals surface area contributed by atoms with E-state index < -0.39 is 0 Å². The smallest absolute Gasteiger partial charge is 0.161 e. The van der Waals surface area contributed by atoms with E-state index in [0.29, 0.717) is 6.29 Å². The van der Waals surface area contributed by atoms with Gasteiger partial charge < -0.3 is 9.84 Å². The van der Waals surface area contributed by atoms with Crippen molar-refractivity contribution in [3.8, 4) is 5.75 Å². The second-order valence-electron chi connectivity index (χ2n) is 7.73. The van der Waals surface area contributed by atoms with Crippen LogP contribution in [0.2, 0.25) is 0 Å². The zero-order valence-electron chi connectivity index (χ0n) is 16.9. The molecule has 2 N–H and O–H groups in total. The molecule has 1 rings (SSSR count). The van der Waals surface area contributed by atoms with Gasteiger partial charge in [0.05, 0.1) is 18.4 Å². The van der Waals surface area contributed by atoms with Crippen LogP contribution in [0, 0.1) is 0 Å². The summed E-state index contributed by atoms with van der Waals surface area (Å²) in [6.45, 7) is 13.4. The summed E-state index contributed by atoms with van der Waals surface area (Å²) in [4.78, 5) is 15.7. The zero-order chi connectivity index (χ0) is 19.8.